The molecule has 1 atom stereocenters. The van der Waals surface area contributed by atoms with Gasteiger partial charge in [0, 0.05) is 32.7 Å². The molecule has 6 heteroatoms. The summed E-state index contributed by atoms with van der Waals surface area (Å²) < 4.78 is 0. The average molecular weight is 270 g/mol. The van der Waals surface area contributed by atoms with Crippen LogP contribution in [-0.4, -0.2) is 72.4 Å². The quantitative estimate of drug-likeness (QED) is 0.636. The Morgan fingerprint density at radius 2 is 2.00 bits per heavy atom. The third kappa shape index (κ3) is 4.33. The second kappa shape index (κ2) is 6.54. The standard InChI is InChI=1S/C13H26N4O2/c14-12(18)17-8-2-7-16(9-10-17)11-13(19)3-1-5-15-6-4-13/h15,19H,1-11H2,(H2,14,18). The van der Waals surface area contributed by atoms with Crippen LogP contribution in [0.4, 0.5) is 4.79 Å². The molecule has 2 saturated heterocycles. The van der Waals surface area contributed by atoms with E-state index in [1.54, 1.807) is 4.90 Å². The number of amides is 2. The van der Waals surface area contributed by atoms with Crippen molar-refractivity contribution in [2.24, 2.45) is 5.73 Å². The molecule has 0 saturated carbocycles. The Kier molecular flexibility index (Phi) is 5.01. The molecule has 110 valence electrons. The average Bonchev–Trinajstić information content (AvgIpc) is 2.70. The van der Waals surface area contributed by atoms with Crippen molar-refractivity contribution < 1.29 is 9.90 Å². The van der Waals surface area contributed by atoms with Crippen molar-refractivity contribution in [3.8, 4) is 0 Å². The van der Waals surface area contributed by atoms with E-state index in [1.807, 2.05) is 0 Å². The molecule has 0 aromatic rings. The normalized spacial score (nSPS) is 30.7. The van der Waals surface area contributed by atoms with Crippen LogP contribution >= 0.6 is 0 Å². The number of nitrogens with two attached hydrogens (primary N) is 1. The number of nitrogens with one attached hydrogen (secondary N) is 1. The lowest BCUT2D eigenvalue weighted by atomic mass is 9.94. The van der Waals surface area contributed by atoms with Crippen molar-refractivity contribution in [2.75, 3.05) is 45.8 Å². The van der Waals surface area contributed by atoms with Gasteiger partial charge in [0.05, 0.1) is 5.60 Å². The van der Waals surface area contributed by atoms with Gasteiger partial charge in [-0.1, -0.05) is 0 Å². The van der Waals surface area contributed by atoms with E-state index in [9.17, 15) is 9.90 Å². The number of primary amides is 1. The molecule has 0 bridgehead atoms. The summed E-state index contributed by atoms with van der Waals surface area (Å²) >= 11 is 0. The van der Waals surface area contributed by atoms with Gasteiger partial charge < -0.3 is 21.1 Å². The Labute approximate surface area is 114 Å². The number of aliphatic hydroxyl groups is 1. The van der Waals surface area contributed by atoms with Crippen LogP contribution in [0.15, 0.2) is 0 Å². The molecule has 0 spiro atoms. The first kappa shape index (κ1) is 14.6. The highest BCUT2D eigenvalue weighted by atomic mass is 16.3. The van der Waals surface area contributed by atoms with Crippen molar-refractivity contribution in [2.45, 2.75) is 31.3 Å². The maximum absolute atomic E-state index is 11.2. The van der Waals surface area contributed by atoms with Gasteiger partial charge in [0.15, 0.2) is 0 Å². The Bertz CT molecular complexity index is 303. The van der Waals surface area contributed by atoms with Gasteiger partial charge in [-0.25, -0.2) is 4.79 Å². The lowest BCUT2D eigenvalue weighted by Gasteiger charge is -2.33. The number of hydrogen-bond acceptors (Lipinski definition) is 4. The fourth-order valence-corrected chi connectivity index (χ4v) is 3.04. The molecule has 0 radical (unpaired) electrons. The summed E-state index contributed by atoms with van der Waals surface area (Å²) in [5.74, 6) is 0. The highest BCUT2D eigenvalue weighted by molar-refractivity contribution is 5.71. The SMILES string of the molecule is NC(=O)N1CCCN(CC2(O)CCCNCC2)CC1. The van der Waals surface area contributed by atoms with E-state index in [-0.39, 0.29) is 6.03 Å². The Morgan fingerprint density at radius 3 is 2.79 bits per heavy atom. The largest absolute Gasteiger partial charge is 0.389 e. The van der Waals surface area contributed by atoms with Crippen LogP contribution in [0, 0.1) is 0 Å². The lowest BCUT2D eigenvalue weighted by molar-refractivity contribution is -0.00553. The van der Waals surface area contributed by atoms with E-state index in [0.717, 1.165) is 58.4 Å². The third-order valence-corrected chi connectivity index (χ3v) is 4.18. The van der Waals surface area contributed by atoms with E-state index in [0.29, 0.717) is 13.1 Å². The number of β-amino-alcohol motifs (C(OH)–C–C–N with tert-alkyl or cyclic N) is 1. The molecule has 2 aliphatic rings. The number of hydrogen-bond donors (Lipinski definition) is 3. The predicted octanol–water partition coefficient (Wildman–Crippen LogP) is -0.423. The Morgan fingerprint density at radius 1 is 1.16 bits per heavy atom. The van der Waals surface area contributed by atoms with E-state index in [4.69, 9.17) is 5.73 Å². The topological polar surface area (TPSA) is 81.8 Å². The van der Waals surface area contributed by atoms with Crippen molar-refractivity contribution in [1.82, 2.24) is 15.1 Å². The summed E-state index contributed by atoms with van der Waals surface area (Å²) in [4.78, 5) is 15.1. The van der Waals surface area contributed by atoms with Crippen molar-refractivity contribution >= 4 is 6.03 Å². The van der Waals surface area contributed by atoms with Gasteiger partial charge in [0.2, 0.25) is 0 Å². The van der Waals surface area contributed by atoms with Crippen LogP contribution in [0.2, 0.25) is 0 Å². The Hall–Kier alpha value is -0.850. The summed E-state index contributed by atoms with van der Waals surface area (Å²) in [7, 11) is 0. The zero-order valence-corrected chi connectivity index (χ0v) is 11.6. The van der Waals surface area contributed by atoms with Crippen molar-refractivity contribution in [3.63, 3.8) is 0 Å². The van der Waals surface area contributed by atoms with E-state index >= 15 is 0 Å². The summed E-state index contributed by atoms with van der Waals surface area (Å²) in [6.45, 7) is 5.73. The highest BCUT2D eigenvalue weighted by Gasteiger charge is 2.31. The minimum Gasteiger partial charge on any atom is -0.389 e. The van der Waals surface area contributed by atoms with Crippen molar-refractivity contribution in [3.05, 3.63) is 0 Å². The lowest BCUT2D eigenvalue weighted by Crippen LogP contribution is -2.45. The molecule has 0 aromatic heterocycles. The van der Waals surface area contributed by atoms with Crippen LogP contribution in [-0.2, 0) is 0 Å². The number of rotatable bonds is 2. The van der Waals surface area contributed by atoms with Gasteiger partial charge in [-0.3, -0.25) is 4.90 Å². The molecule has 1 unspecified atom stereocenters. The molecule has 2 fully saturated rings. The number of carbonyl (C=O) groups excluding carboxylic acids is 1. The highest BCUT2D eigenvalue weighted by Crippen LogP contribution is 2.21. The minimum atomic E-state index is -0.578. The first-order valence-electron chi connectivity index (χ1n) is 7.29. The van der Waals surface area contributed by atoms with Gasteiger partial charge in [-0.15, -0.1) is 0 Å². The molecule has 0 aromatic carbocycles. The number of nitrogens with zero attached hydrogens (tertiary/aromatic N) is 2. The van der Waals surface area contributed by atoms with E-state index < -0.39 is 5.60 Å². The van der Waals surface area contributed by atoms with Crippen LogP contribution < -0.4 is 11.1 Å². The number of carbonyl (C=O) groups is 1. The first-order valence-corrected chi connectivity index (χ1v) is 7.29. The summed E-state index contributed by atoms with van der Waals surface area (Å²) in [6, 6.07) is -0.334. The van der Waals surface area contributed by atoms with Gasteiger partial charge in [-0.2, -0.15) is 0 Å². The third-order valence-electron chi connectivity index (χ3n) is 4.18. The van der Waals surface area contributed by atoms with Gasteiger partial charge in [0.25, 0.3) is 0 Å². The van der Waals surface area contributed by atoms with Gasteiger partial charge in [-0.05, 0) is 38.8 Å². The zero-order chi connectivity index (χ0) is 13.7. The number of urea groups is 1. The maximum Gasteiger partial charge on any atom is 0.314 e. The molecule has 0 aliphatic carbocycles. The summed E-state index contributed by atoms with van der Waals surface area (Å²) in [5, 5.41) is 14.0. The fourth-order valence-electron chi connectivity index (χ4n) is 3.04. The van der Waals surface area contributed by atoms with Crippen LogP contribution in [0.1, 0.15) is 25.7 Å². The molecule has 2 amide bonds. The zero-order valence-electron chi connectivity index (χ0n) is 11.6. The van der Waals surface area contributed by atoms with Crippen LogP contribution in [0.25, 0.3) is 0 Å². The smallest absolute Gasteiger partial charge is 0.314 e. The van der Waals surface area contributed by atoms with Gasteiger partial charge in [0.1, 0.15) is 0 Å². The summed E-state index contributed by atoms with van der Waals surface area (Å²) in [5.41, 5.74) is 4.75. The molecule has 4 N–H and O–H groups in total. The molecule has 19 heavy (non-hydrogen) atoms. The first-order chi connectivity index (χ1) is 9.09. The second-order valence-corrected chi connectivity index (χ2v) is 5.78. The maximum atomic E-state index is 11.2. The fraction of sp³-hybridized carbons (Fsp3) is 0.923. The van der Waals surface area contributed by atoms with Crippen LogP contribution in [0.3, 0.4) is 0 Å². The molecule has 6 nitrogen and oxygen atoms in total. The van der Waals surface area contributed by atoms with Gasteiger partial charge >= 0.3 is 6.03 Å². The van der Waals surface area contributed by atoms with Crippen LogP contribution in [0.5, 0.6) is 0 Å². The molecule has 2 aliphatic heterocycles. The van der Waals surface area contributed by atoms with E-state index in [1.165, 1.54) is 0 Å². The molecular formula is C13H26N4O2. The molecule has 2 rings (SSSR count). The van der Waals surface area contributed by atoms with E-state index in [2.05, 4.69) is 10.2 Å². The summed E-state index contributed by atoms with van der Waals surface area (Å²) in [6.07, 6.45) is 3.62. The molecule has 2 heterocycles. The monoisotopic (exact) mass is 270 g/mol. The minimum absolute atomic E-state index is 0.334. The second-order valence-electron chi connectivity index (χ2n) is 5.78. The van der Waals surface area contributed by atoms with Crippen molar-refractivity contribution in [1.29, 1.82) is 0 Å². The molecular weight excluding hydrogens is 244 g/mol. The Balaban J connectivity index is 1.86. The predicted molar refractivity (Wildman–Crippen MR) is 73.9 cm³/mol.